The van der Waals surface area contributed by atoms with E-state index in [1.807, 2.05) is 0 Å². The number of aromatic carboxylic acids is 1. The van der Waals surface area contributed by atoms with Gasteiger partial charge in [-0.2, -0.15) is 0 Å². The number of ketones is 1. The van der Waals surface area contributed by atoms with Crippen LogP contribution in [0.25, 0.3) is 0 Å². The Balaban J connectivity index is 1.59. The van der Waals surface area contributed by atoms with Crippen LogP contribution in [0.3, 0.4) is 0 Å². The SMILES string of the molecule is COc1ccc(C(=O)C2CCN(C(=O)c3cnc(C(=O)O)cn3)CC2)cc1. The Morgan fingerprint density at radius 2 is 1.63 bits per heavy atom. The fourth-order valence-electron chi connectivity index (χ4n) is 3.05. The molecule has 0 atom stereocenters. The van der Waals surface area contributed by atoms with Crippen molar-refractivity contribution in [1.82, 2.24) is 14.9 Å². The van der Waals surface area contributed by atoms with Crippen molar-refractivity contribution in [2.24, 2.45) is 5.92 Å². The smallest absolute Gasteiger partial charge is 0.356 e. The van der Waals surface area contributed by atoms with E-state index in [0.717, 1.165) is 6.20 Å². The first-order valence-corrected chi connectivity index (χ1v) is 8.52. The second-order valence-electron chi connectivity index (χ2n) is 6.25. The van der Waals surface area contributed by atoms with Gasteiger partial charge in [0.2, 0.25) is 0 Å². The van der Waals surface area contributed by atoms with Crippen LogP contribution in [0, 0.1) is 5.92 Å². The molecule has 8 heteroatoms. The van der Waals surface area contributed by atoms with Gasteiger partial charge in [0.05, 0.1) is 19.5 Å². The van der Waals surface area contributed by atoms with Crippen LogP contribution in [0.1, 0.15) is 44.2 Å². The third-order valence-corrected chi connectivity index (χ3v) is 4.62. The van der Waals surface area contributed by atoms with Crippen LogP contribution in [0.15, 0.2) is 36.7 Å². The lowest BCUT2D eigenvalue weighted by Gasteiger charge is -2.31. The lowest BCUT2D eigenvalue weighted by atomic mass is 9.89. The summed E-state index contributed by atoms with van der Waals surface area (Å²) in [6, 6.07) is 7.01. The minimum absolute atomic E-state index is 0.0651. The van der Waals surface area contributed by atoms with Crippen LogP contribution in [0.5, 0.6) is 5.75 Å². The molecule has 1 amide bonds. The van der Waals surface area contributed by atoms with Crippen molar-refractivity contribution < 1.29 is 24.2 Å². The molecule has 1 aromatic carbocycles. The van der Waals surface area contributed by atoms with E-state index in [0.29, 0.717) is 37.2 Å². The number of carbonyl (C=O) groups excluding carboxylic acids is 2. The van der Waals surface area contributed by atoms with Crippen LogP contribution < -0.4 is 4.74 Å². The lowest BCUT2D eigenvalue weighted by Crippen LogP contribution is -2.40. The van der Waals surface area contributed by atoms with Crippen molar-refractivity contribution in [2.45, 2.75) is 12.8 Å². The molecule has 1 aromatic heterocycles. The highest BCUT2D eigenvalue weighted by molar-refractivity contribution is 5.98. The average molecular weight is 369 g/mol. The number of carboxylic acids is 1. The van der Waals surface area contributed by atoms with Crippen molar-refractivity contribution in [1.29, 1.82) is 0 Å². The summed E-state index contributed by atoms with van der Waals surface area (Å²) in [5.41, 5.74) is 0.519. The molecule has 1 aliphatic heterocycles. The number of carbonyl (C=O) groups is 3. The number of aromatic nitrogens is 2. The van der Waals surface area contributed by atoms with Gasteiger partial charge >= 0.3 is 5.97 Å². The number of ether oxygens (including phenoxy) is 1. The topological polar surface area (TPSA) is 110 Å². The molecule has 0 unspecified atom stereocenters. The second kappa shape index (κ2) is 7.94. The van der Waals surface area contributed by atoms with E-state index in [-0.39, 0.29) is 29.0 Å². The summed E-state index contributed by atoms with van der Waals surface area (Å²) in [7, 11) is 1.57. The van der Waals surface area contributed by atoms with E-state index in [1.54, 1.807) is 36.3 Å². The zero-order valence-corrected chi connectivity index (χ0v) is 14.8. The first kappa shape index (κ1) is 18.5. The number of hydrogen-bond acceptors (Lipinski definition) is 6. The second-order valence-corrected chi connectivity index (χ2v) is 6.25. The fourth-order valence-corrected chi connectivity index (χ4v) is 3.05. The minimum atomic E-state index is -1.20. The number of piperidine rings is 1. The summed E-state index contributed by atoms with van der Waals surface area (Å²) >= 11 is 0. The molecular formula is C19H19N3O5. The zero-order chi connectivity index (χ0) is 19.4. The maximum absolute atomic E-state index is 12.6. The van der Waals surface area contributed by atoms with Gasteiger partial charge in [0.15, 0.2) is 11.5 Å². The molecular weight excluding hydrogens is 350 g/mol. The Morgan fingerprint density at radius 1 is 1.04 bits per heavy atom. The Morgan fingerprint density at radius 3 is 2.15 bits per heavy atom. The third-order valence-electron chi connectivity index (χ3n) is 4.62. The average Bonchev–Trinajstić information content (AvgIpc) is 2.73. The highest BCUT2D eigenvalue weighted by Gasteiger charge is 2.29. The number of benzene rings is 1. The molecule has 8 nitrogen and oxygen atoms in total. The van der Waals surface area contributed by atoms with E-state index in [2.05, 4.69) is 9.97 Å². The Bertz CT molecular complexity index is 841. The van der Waals surface area contributed by atoms with E-state index in [4.69, 9.17) is 9.84 Å². The molecule has 2 aromatic rings. The van der Waals surface area contributed by atoms with Crippen LogP contribution in [0.2, 0.25) is 0 Å². The van der Waals surface area contributed by atoms with Crippen LogP contribution >= 0.6 is 0 Å². The largest absolute Gasteiger partial charge is 0.497 e. The summed E-state index contributed by atoms with van der Waals surface area (Å²) in [6.07, 6.45) is 3.37. The third kappa shape index (κ3) is 4.11. The molecule has 0 saturated carbocycles. The van der Waals surface area contributed by atoms with Crippen LogP contribution in [-0.4, -0.2) is 57.8 Å². The number of hydrogen-bond donors (Lipinski definition) is 1. The summed E-state index contributed by atoms with van der Waals surface area (Å²) in [5.74, 6) is -0.880. The molecule has 0 bridgehead atoms. The number of amides is 1. The highest BCUT2D eigenvalue weighted by Crippen LogP contribution is 2.23. The van der Waals surface area contributed by atoms with Gasteiger partial charge in [-0.1, -0.05) is 0 Å². The predicted molar refractivity (Wildman–Crippen MR) is 94.9 cm³/mol. The van der Waals surface area contributed by atoms with Crippen LogP contribution in [0.4, 0.5) is 0 Å². The first-order valence-electron chi connectivity index (χ1n) is 8.52. The molecule has 1 aliphatic rings. The minimum Gasteiger partial charge on any atom is -0.497 e. The van der Waals surface area contributed by atoms with Crippen LogP contribution in [-0.2, 0) is 0 Å². The van der Waals surface area contributed by atoms with Crippen molar-refractivity contribution in [3.8, 4) is 5.75 Å². The quantitative estimate of drug-likeness (QED) is 0.802. The molecule has 2 heterocycles. The van der Waals surface area contributed by atoms with Gasteiger partial charge in [0.25, 0.3) is 5.91 Å². The van der Waals surface area contributed by atoms with Gasteiger partial charge in [-0.05, 0) is 37.1 Å². The summed E-state index contributed by atoms with van der Waals surface area (Å²) in [5, 5.41) is 8.83. The standard InChI is InChI=1S/C19H19N3O5/c1-27-14-4-2-12(3-5-14)17(23)13-6-8-22(9-7-13)18(24)15-10-21-16(11-20-15)19(25)26/h2-5,10-11,13H,6-9H2,1H3,(H,25,26). The predicted octanol–water partition coefficient (Wildman–Crippen LogP) is 1.92. The summed E-state index contributed by atoms with van der Waals surface area (Å²) < 4.78 is 5.10. The Kier molecular flexibility index (Phi) is 5.44. The molecule has 0 spiro atoms. The van der Waals surface area contributed by atoms with Crippen molar-refractivity contribution >= 4 is 17.7 Å². The Hall–Kier alpha value is -3.29. The molecule has 140 valence electrons. The fraction of sp³-hybridized carbons (Fsp3) is 0.316. The first-order chi connectivity index (χ1) is 13.0. The molecule has 1 N–H and O–H groups in total. The van der Waals surface area contributed by atoms with Gasteiger partial charge in [-0.3, -0.25) is 9.59 Å². The van der Waals surface area contributed by atoms with Gasteiger partial charge in [-0.25, -0.2) is 14.8 Å². The highest BCUT2D eigenvalue weighted by atomic mass is 16.5. The monoisotopic (exact) mass is 369 g/mol. The number of carboxylic acid groups (broad SMARTS) is 1. The normalized spacial score (nSPS) is 14.6. The molecule has 1 fully saturated rings. The maximum Gasteiger partial charge on any atom is 0.356 e. The van der Waals surface area contributed by atoms with E-state index in [1.165, 1.54) is 6.20 Å². The van der Waals surface area contributed by atoms with Crippen molar-refractivity contribution in [3.63, 3.8) is 0 Å². The molecule has 3 rings (SSSR count). The summed E-state index contributed by atoms with van der Waals surface area (Å²) in [6.45, 7) is 0.877. The number of rotatable bonds is 5. The molecule has 1 saturated heterocycles. The van der Waals surface area contributed by atoms with Crippen molar-refractivity contribution in [3.05, 3.63) is 53.6 Å². The molecule has 0 aliphatic carbocycles. The van der Waals surface area contributed by atoms with Gasteiger partial charge in [0.1, 0.15) is 11.4 Å². The van der Waals surface area contributed by atoms with E-state index < -0.39 is 5.97 Å². The number of nitrogens with zero attached hydrogens (tertiary/aromatic N) is 3. The maximum atomic E-state index is 12.6. The number of likely N-dealkylation sites (tertiary alicyclic amines) is 1. The summed E-state index contributed by atoms with van der Waals surface area (Å²) in [4.78, 5) is 45.1. The lowest BCUT2D eigenvalue weighted by molar-refractivity contribution is 0.0642. The van der Waals surface area contributed by atoms with Gasteiger partial charge in [0, 0.05) is 24.6 Å². The number of Topliss-reactive ketones (excluding diaryl/α,β-unsaturated/α-hetero) is 1. The van der Waals surface area contributed by atoms with E-state index >= 15 is 0 Å². The van der Waals surface area contributed by atoms with E-state index in [9.17, 15) is 14.4 Å². The number of methoxy groups -OCH3 is 1. The molecule has 0 radical (unpaired) electrons. The van der Waals surface area contributed by atoms with Gasteiger partial charge < -0.3 is 14.7 Å². The molecule has 27 heavy (non-hydrogen) atoms. The van der Waals surface area contributed by atoms with Crippen molar-refractivity contribution in [2.75, 3.05) is 20.2 Å². The zero-order valence-electron chi connectivity index (χ0n) is 14.8. The van der Waals surface area contributed by atoms with Gasteiger partial charge in [-0.15, -0.1) is 0 Å². The Labute approximate surface area is 155 Å².